The normalized spacial score (nSPS) is 12.7. The lowest BCUT2D eigenvalue weighted by Crippen LogP contribution is -2.30. The summed E-state index contributed by atoms with van der Waals surface area (Å²) in [6.45, 7) is 4.11. The molecule has 3 N–H and O–H groups in total. The molecule has 3 aromatic rings. The molecule has 0 radical (unpaired) electrons. The largest absolute Gasteiger partial charge is 0.435 e. The number of hydrogen-bond acceptors (Lipinski definition) is 5. The maximum absolute atomic E-state index is 13.6. The highest BCUT2D eigenvalue weighted by Crippen LogP contribution is 2.31. The topological polar surface area (TPSA) is 98.7 Å². The third-order valence-corrected chi connectivity index (χ3v) is 5.05. The van der Waals surface area contributed by atoms with E-state index < -0.39 is 40.9 Å². The van der Waals surface area contributed by atoms with Crippen molar-refractivity contribution in [2.24, 2.45) is 5.92 Å². The van der Waals surface area contributed by atoms with Gasteiger partial charge in [0.25, 0.3) is 11.9 Å². The summed E-state index contributed by atoms with van der Waals surface area (Å²) in [6.07, 6.45) is -2.69. The Morgan fingerprint density at radius 1 is 1.24 bits per heavy atom. The van der Waals surface area contributed by atoms with Gasteiger partial charge in [-0.25, -0.2) is 14.1 Å². The second-order valence-electron chi connectivity index (χ2n) is 7.82. The van der Waals surface area contributed by atoms with E-state index in [9.17, 15) is 22.4 Å². The predicted molar refractivity (Wildman–Crippen MR) is 115 cm³/mol. The number of anilines is 1. The third-order valence-electron chi connectivity index (χ3n) is 4.80. The highest BCUT2D eigenvalue weighted by Gasteiger charge is 2.39. The van der Waals surface area contributed by atoms with Gasteiger partial charge in [0.05, 0.1) is 11.8 Å². The number of rotatable bonds is 7. The molecule has 0 aliphatic rings. The van der Waals surface area contributed by atoms with Gasteiger partial charge >= 0.3 is 6.18 Å². The van der Waals surface area contributed by atoms with Gasteiger partial charge in [0.1, 0.15) is 0 Å². The molecule has 0 saturated heterocycles. The molecule has 0 fully saturated rings. The lowest BCUT2D eigenvalue weighted by atomic mass is 9.90. The zero-order valence-corrected chi connectivity index (χ0v) is 18.5. The van der Waals surface area contributed by atoms with Crippen LogP contribution >= 0.6 is 11.6 Å². The van der Waals surface area contributed by atoms with Crippen LogP contribution in [0.15, 0.2) is 36.7 Å². The molecule has 12 heteroatoms. The highest BCUT2D eigenvalue weighted by molar-refractivity contribution is 6.30. The molecule has 1 aromatic carbocycles. The van der Waals surface area contributed by atoms with E-state index in [1.54, 1.807) is 12.1 Å². The Morgan fingerprint density at radius 2 is 1.91 bits per heavy atom. The van der Waals surface area contributed by atoms with Crippen molar-refractivity contribution < 1.29 is 22.4 Å². The first-order valence-corrected chi connectivity index (χ1v) is 10.3. The lowest BCUT2D eigenvalue weighted by Gasteiger charge is -2.20. The van der Waals surface area contributed by atoms with Crippen LogP contribution in [-0.2, 0) is 6.18 Å². The van der Waals surface area contributed by atoms with Crippen molar-refractivity contribution in [3.63, 3.8) is 0 Å². The number of nitrogens with one attached hydrogen (secondary N) is 1. The fourth-order valence-corrected chi connectivity index (χ4v) is 3.41. The van der Waals surface area contributed by atoms with E-state index >= 15 is 0 Å². The minimum Gasteiger partial charge on any atom is -0.381 e. The molecule has 2 heterocycles. The summed E-state index contributed by atoms with van der Waals surface area (Å²) in [5.41, 5.74) is 4.12. The van der Waals surface area contributed by atoms with Crippen LogP contribution in [0, 0.1) is 11.7 Å². The Morgan fingerprint density at radius 3 is 2.48 bits per heavy atom. The van der Waals surface area contributed by atoms with E-state index in [1.165, 1.54) is 0 Å². The van der Waals surface area contributed by atoms with Crippen molar-refractivity contribution in [1.29, 1.82) is 0 Å². The van der Waals surface area contributed by atoms with Gasteiger partial charge in [0, 0.05) is 23.7 Å². The average Bonchev–Trinajstić information content (AvgIpc) is 3.19. The first kappa shape index (κ1) is 24.4. The number of halogens is 5. The summed E-state index contributed by atoms with van der Waals surface area (Å²) < 4.78 is 54.6. The molecule has 7 nitrogen and oxygen atoms in total. The Kier molecular flexibility index (Phi) is 7.21. The van der Waals surface area contributed by atoms with Gasteiger partial charge in [-0.1, -0.05) is 37.6 Å². The minimum absolute atomic E-state index is 0.0983. The minimum atomic E-state index is -4.92. The average molecular weight is 485 g/mol. The molecule has 1 atom stereocenters. The number of nitrogen functional groups attached to an aromatic ring is 1. The van der Waals surface area contributed by atoms with Crippen molar-refractivity contribution in [1.82, 2.24) is 25.1 Å². The third kappa shape index (κ3) is 5.98. The number of hydrogen-bond donors (Lipinski definition) is 2. The Balaban J connectivity index is 1.87. The Hall–Kier alpha value is -3.21. The van der Waals surface area contributed by atoms with E-state index in [1.807, 2.05) is 26.0 Å². The molecule has 176 valence electrons. The number of aromatic nitrogens is 4. The number of nitrogens with two attached hydrogens (primary N) is 1. The Labute approximate surface area is 192 Å². The van der Waals surface area contributed by atoms with Crippen molar-refractivity contribution in [2.45, 2.75) is 32.4 Å². The maximum Gasteiger partial charge on any atom is 0.435 e. The summed E-state index contributed by atoms with van der Waals surface area (Å²) >= 11 is 5.94. The first-order chi connectivity index (χ1) is 15.5. The summed E-state index contributed by atoms with van der Waals surface area (Å²) in [5.74, 6) is -2.73. The second kappa shape index (κ2) is 9.74. The van der Waals surface area contributed by atoms with E-state index in [2.05, 4.69) is 20.4 Å². The molecule has 1 amide bonds. The molecule has 0 bridgehead atoms. The zero-order chi connectivity index (χ0) is 24.3. The van der Waals surface area contributed by atoms with Crippen LogP contribution < -0.4 is 11.1 Å². The quantitative estimate of drug-likeness (QED) is 0.477. The molecule has 2 aromatic heterocycles. The summed E-state index contributed by atoms with van der Waals surface area (Å²) in [7, 11) is 0. The number of amides is 1. The number of carbonyl (C=O) groups excluding carboxylic acids is 1. The van der Waals surface area contributed by atoms with Crippen molar-refractivity contribution in [3.8, 4) is 5.95 Å². The van der Waals surface area contributed by atoms with E-state index in [4.69, 9.17) is 17.3 Å². The van der Waals surface area contributed by atoms with Gasteiger partial charge in [0.2, 0.25) is 0 Å². The predicted octanol–water partition coefficient (Wildman–Crippen LogP) is 4.62. The van der Waals surface area contributed by atoms with Crippen molar-refractivity contribution >= 4 is 23.3 Å². The van der Waals surface area contributed by atoms with Gasteiger partial charge in [0.15, 0.2) is 17.3 Å². The van der Waals surface area contributed by atoms with Crippen LogP contribution in [0.5, 0.6) is 0 Å². The molecular formula is C21H21ClF4N6O. The summed E-state index contributed by atoms with van der Waals surface area (Å²) in [4.78, 5) is 19.9. The van der Waals surface area contributed by atoms with Crippen molar-refractivity contribution in [2.75, 3.05) is 12.3 Å². The maximum atomic E-state index is 13.6. The fourth-order valence-electron chi connectivity index (χ4n) is 3.29. The molecule has 1 unspecified atom stereocenters. The van der Waals surface area contributed by atoms with E-state index in [-0.39, 0.29) is 18.4 Å². The van der Waals surface area contributed by atoms with Crippen LogP contribution in [0.4, 0.5) is 23.4 Å². The molecule has 0 saturated carbocycles. The molecular weight excluding hydrogens is 464 g/mol. The number of benzene rings is 1. The zero-order valence-electron chi connectivity index (χ0n) is 17.7. The molecule has 0 aliphatic heterocycles. The summed E-state index contributed by atoms with van der Waals surface area (Å²) in [6, 6.07) is 7.06. The van der Waals surface area contributed by atoms with Gasteiger partial charge in [-0.05, 0) is 30.0 Å². The van der Waals surface area contributed by atoms with Gasteiger partial charge < -0.3 is 11.1 Å². The molecule has 0 spiro atoms. The van der Waals surface area contributed by atoms with Crippen molar-refractivity contribution in [3.05, 3.63) is 64.3 Å². The van der Waals surface area contributed by atoms with Gasteiger partial charge in [-0.2, -0.15) is 23.3 Å². The van der Waals surface area contributed by atoms with Gasteiger partial charge in [-0.3, -0.25) is 4.79 Å². The van der Waals surface area contributed by atoms with Crippen LogP contribution in [0.25, 0.3) is 5.95 Å². The molecule has 3 rings (SSSR count). The van der Waals surface area contributed by atoms with Crippen LogP contribution in [0.1, 0.15) is 47.8 Å². The second-order valence-corrected chi connectivity index (χ2v) is 8.26. The monoisotopic (exact) mass is 484 g/mol. The Bertz CT molecular complexity index is 1130. The number of carbonyl (C=O) groups is 1. The fraction of sp³-hybridized carbons (Fsp3) is 0.333. The highest BCUT2D eigenvalue weighted by atomic mass is 35.5. The standard InChI is InChI=1S/C21H21ClF4N6O/c1-11(2)7-13(12-3-5-14(22)6-4-12)8-28-19(33)15-10-32(31-17(15)21(24,25)26)20-29-9-16(23)18(27)30-20/h3-6,9-11,13H,7-8H2,1-2H3,(H,28,33)(H2,27,29,30). The lowest BCUT2D eigenvalue weighted by molar-refractivity contribution is -0.141. The number of alkyl halides is 3. The van der Waals surface area contributed by atoms with E-state index in [0.29, 0.717) is 22.3 Å². The smallest absolute Gasteiger partial charge is 0.381 e. The summed E-state index contributed by atoms with van der Waals surface area (Å²) in [5, 5.41) is 6.52. The van der Waals surface area contributed by atoms with Crippen LogP contribution in [0.2, 0.25) is 5.02 Å². The first-order valence-electron chi connectivity index (χ1n) is 9.94. The van der Waals surface area contributed by atoms with Crippen LogP contribution in [-0.4, -0.2) is 32.2 Å². The molecule has 33 heavy (non-hydrogen) atoms. The SMILES string of the molecule is CC(C)CC(CNC(=O)c1cn(-c2ncc(F)c(N)n2)nc1C(F)(F)F)c1ccc(Cl)cc1. The van der Waals surface area contributed by atoms with Crippen LogP contribution in [0.3, 0.4) is 0 Å². The van der Waals surface area contributed by atoms with E-state index in [0.717, 1.165) is 11.8 Å². The van der Waals surface area contributed by atoms with Gasteiger partial charge in [-0.15, -0.1) is 0 Å². The number of nitrogens with zero attached hydrogens (tertiary/aromatic N) is 4. The molecule has 0 aliphatic carbocycles.